The van der Waals surface area contributed by atoms with Gasteiger partial charge in [-0.3, -0.25) is 0 Å². The van der Waals surface area contributed by atoms with Gasteiger partial charge in [-0.25, -0.2) is 14.3 Å². The third kappa shape index (κ3) is 3.68. The minimum absolute atomic E-state index is 0.322. The van der Waals surface area contributed by atoms with Gasteiger partial charge in [0.1, 0.15) is 10.6 Å². The number of aryl methyl sites for hydroxylation is 1. The van der Waals surface area contributed by atoms with E-state index >= 15 is 0 Å². The van der Waals surface area contributed by atoms with E-state index in [-0.39, 0.29) is 0 Å². The minimum atomic E-state index is -0.482. The zero-order valence-corrected chi connectivity index (χ0v) is 20.2. The lowest BCUT2D eigenvalue weighted by molar-refractivity contribution is -0.133. The van der Waals surface area contributed by atoms with Crippen LogP contribution in [0.1, 0.15) is 10.6 Å². The van der Waals surface area contributed by atoms with Crippen molar-refractivity contribution in [1.82, 2.24) is 19.6 Å². The van der Waals surface area contributed by atoms with Gasteiger partial charge in [-0.1, -0.05) is 53.3 Å². The Morgan fingerprint density at radius 3 is 2.55 bits per heavy atom. The number of methoxy groups -OCH3 is 2. The molecule has 0 bridgehead atoms. The zero-order valence-electron chi connectivity index (χ0n) is 17.8. The van der Waals surface area contributed by atoms with Gasteiger partial charge in [0.15, 0.2) is 5.82 Å². The molecule has 3 heterocycles. The molecule has 0 N–H and O–H groups in total. The molecule has 0 radical (unpaired) electrons. The highest BCUT2D eigenvalue weighted by Gasteiger charge is 2.23. The van der Waals surface area contributed by atoms with Gasteiger partial charge < -0.3 is 9.47 Å². The van der Waals surface area contributed by atoms with Crippen LogP contribution in [-0.2, 0) is 14.3 Å². The Kier molecular flexibility index (Phi) is 5.61. The Bertz CT molecular complexity index is 1550. The number of hydrogen-bond donors (Lipinski definition) is 0. The fourth-order valence-corrected chi connectivity index (χ4v) is 5.87. The number of carbonyl (C=O) groups is 1. The van der Waals surface area contributed by atoms with Crippen molar-refractivity contribution in [2.75, 3.05) is 14.2 Å². The molecule has 0 spiro atoms. The number of aromatic nitrogens is 4. The summed E-state index contributed by atoms with van der Waals surface area (Å²) < 4.78 is 12.6. The molecular formula is C23H17ClN4O3S2. The number of fused-ring (bicyclic) bond motifs is 2. The van der Waals surface area contributed by atoms with Crippen molar-refractivity contribution >= 4 is 61.0 Å². The second kappa shape index (κ2) is 8.58. The summed E-state index contributed by atoms with van der Waals surface area (Å²) in [5, 5.41) is 6.27. The van der Waals surface area contributed by atoms with Crippen molar-refractivity contribution in [1.29, 1.82) is 0 Å². The lowest BCUT2D eigenvalue weighted by atomic mass is 10.1. The second-order valence-corrected chi connectivity index (χ2v) is 9.44. The molecule has 0 aliphatic rings. The molecule has 7 nitrogen and oxygen atoms in total. The third-order valence-corrected chi connectivity index (χ3v) is 7.80. The Morgan fingerprint density at radius 2 is 1.85 bits per heavy atom. The molecule has 5 aromatic rings. The van der Waals surface area contributed by atoms with Gasteiger partial charge in [-0.15, -0.1) is 16.4 Å². The summed E-state index contributed by atoms with van der Waals surface area (Å²) in [6.07, 6.45) is 1.37. The standard InChI is InChI=1S/C23H17ClN4O3S2/c1-12-18(15(11-30-2)22(29)31-3)33-23-26-20(27-28(12)23)13-7-4-5-8-14(13)21-25-17-10-6-9-16(24)19(17)32-21/h4-11H,1-3H3. The number of ether oxygens (including phenoxy) is 2. The van der Waals surface area contributed by atoms with Crippen LogP contribution in [0.25, 0.3) is 42.7 Å². The summed E-state index contributed by atoms with van der Waals surface area (Å²) in [6, 6.07) is 13.6. The summed E-state index contributed by atoms with van der Waals surface area (Å²) in [7, 11) is 2.82. The molecule has 0 atom stereocenters. The van der Waals surface area contributed by atoms with E-state index in [2.05, 4.69) is 0 Å². The van der Waals surface area contributed by atoms with Crippen molar-refractivity contribution in [3.8, 4) is 22.0 Å². The smallest absolute Gasteiger partial charge is 0.342 e. The van der Waals surface area contributed by atoms with Crippen LogP contribution in [0.5, 0.6) is 0 Å². The highest BCUT2D eigenvalue weighted by molar-refractivity contribution is 7.22. The van der Waals surface area contributed by atoms with Gasteiger partial charge in [-0.05, 0) is 19.1 Å². The Morgan fingerprint density at radius 1 is 1.06 bits per heavy atom. The Balaban J connectivity index is 1.62. The molecule has 0 aliphatic carbocycles. The van der Waals surface area contributed by atoms with Crippen LogP contribution in [0.15, 0.2) is 48.7 Å². The van der Waals surface area contributed by atoms with Crippen LogP contribution in [0.4, 0.5) is 0 Å². The summed E-state index contributed by atoms with van der Waals surface area (Å²) in [5.74, 6) is 0.0942. The van der Waals surface area contributed by atoms with Gasteiger partial charge >= 0.3 is 5.97 Å². The van der Waals surface area contributed by atoms with Gasteiger partial charge in [0.2, 0.25) is 4.96 Å². The topological polar surface area (TPSA) is 78.6 Å². The molecule has 2 aromatic carbocycles. The van der Waals surface area contributed by atoms with Crippen LogP contribution in [0.3, 0.4) is 0 Å². The number of esters is 1. The van der Waals surface area contributed by atoms with Crippen LogP contribution < -0.4 is 0 Å². The number of nitrogens with zero attached hydrogens (tertiary/aromatic N) is 4. The summed E-state index contributed by atoms with van der Waals surface area (Å²) in [4.78, 5) is 23.1. The molecule has 0 fully saturated rings. The number of hydrogen-bond acceptors (Lipinski definition) is 8. The molecule has 0 unspecified atom stereocenters. The van der Waals surface area contributed by atoms with E-state index in [0.29, 0.717) is 26.3 Å². The first-order valence-electron chi connectivity index (χ1n) is 9.84. The third-order valence-electron chi connectivity index (χ3n) is 5.07. The predicted octanol–water partition coefficient (Wildman–Crippen LogP) is 5.86. The molecular weight excluding hydrogens is 480 g/mol. The Hall–Kier alpha value is -3.27. The van der Waals surface area contributed by atoms with E-state index < -0.39 is 5.97 Å². The second-order valence-electron chi connectivity index (χ2n) is 7.06. The monoisotopic (exact) mass is 496 g/mol. The van der Waals surface area contributed by atoms with Crippen LogP contribution in [0.2, 0.25) is 5.02 Å². The van der Waals surface area contributed by atoms with Gasteiger partial charge in [0, 0.05) is 11.1 Å². The fraction of sp³-hybridized carbons (Fsp3) is 0.130. The fourth-order valence-electron chi connectivity index (χ4n) is 3.52. The number of halogens is 1. The van der Waals surface area contributed by atoms with E-state index in [1.165, 1.54) is 43.2 Å². The van der Waals surface area contributed by atoms with Crippen molar-refractivity contribution < 1.29 is 14.3 Å². The highest BCUT2D eigenvalue weighted by Crippen LogP contribution is 2.39. The van der Waals surface area contributed by atoms with E-state index in [4.69, 9.17) is 36.1 Å². The number of carbonyl (C=O) groups excluding carboxylic acids is 1. The van der Waals surface area contributed by atoms with E-state index in [9.17, 15) is 4.79 Å². The first-order chi connectivity index (χ1) is 16.0. The lowest BCUT2D eigenvalue weighted by Gasteiger charge is -2.04. The summed E-state index contributed by atoms with van der Waals surface area (Å²) in [6.45, 7) is 1.88. The van der Waals surface area contributed by atoms with Crippen LogP contribution in [0, 0.1) is 6.92 Å². The average molecular weight is 497 g/mol. The highest BCUT2D eigenvalue weighted by atomic mass is 35.5. The average Bonchev–Trinajstić information content (AvgIpc) is 3.52. The van der Waals surface area contributed by atoms with Gasteiger partial charge in [0.05, 0.1) is 46.3 Å². The lowest BCUT2D eigenvalue weighted by Crippen LogP contribution is -2.05. The normalized spacial score (nSPS) is 11.9. The first-order valence-corrected chi connectivity index (χ1v) is 11.9. The maximum atomic E-state index is 12.2. The number of thiazole rings is 2. The maximum Gasteiger partial charge on any atom is 0.342 e. The van der Waals surface area contributed by atoms with E-state index in [0.717, 1.165) is 32.0 Å². The van der Waals surface area contributed by atoms with E-state index in [1.54, 1.807) is 4.52 Å². The molecule has 166 valence electrons. The van der Waals surface area contributed by atoms with E-state index in [1.807, 2.05) is 49.4 Å². The van der Waals surface area contributed by atoms with Crippen molar-refractivity contribution in [2.24, 2.45) is 0 Å². The van der Waals surface area contributed by atoms with Crippen molar-refractivity contribution in [3.63, 3.8) is 0 Å². The molecule has 0 saturated carbocycles. The SMILES string of the molecule is COC=C(C(=O)OC)c1sc2nc(-c3ccccc3-c3nc4cccc(Cl)c4s3)nn2c1C. The molecule has 33 heavy (non-hydrogen) atoms. The van der Waals surface area contributed by atoms with Crippen molar-refractivity contribution in [2.45, 2.75) is 6.92 Å². The molecule has 0 aliphatic heterocycles. The predicted molar refractivity (Wildman–Crippen MR) is 132 cm³/mol. The quantitative estimate of drug-likeness (QED) is 0.172. The molecule has 0 saturated heterocycles. The number of benzene rings is 2. The molecule has 0 amide bonds. The number of rotatable bonds is 5. The molecule has 5 rings (SSSR count). The molecule has 10 heteroatoms. The van der Waals surface area contributed by atoms with Crippen LogP contribution >= 0.6 is 34.3 Å². The minimum Gasteiger partial charge on any atom is -0.503 e. The largest absolute Gasteiger partial charge is 0.503 e. The van der Waals surface area contributed by atoms with Gasteiger partial charge in [0.25, 0.3) is 0 Å². The summed E-state index contributed by atoms with van der Waals surface area (Å²) >= 11 is 9.25. The van der Waals surface area contributed by atoms with Crippen LogP contribution in [-0.4, -0.2) is 39.8 Å². The molecule has 3 aromatic heterocycles. The first kappa shape index (κ1) is 21.6. The summed E-state index contributed by atoms with van der Waals surface area (Å²) in [5.41, 5.74) is 3.75. The maximum absolute atomic E-state index is 12.2. The van der Waals surface area contributed by atoms with Gasteiger partial charge in [-0.2, -0.15) is 4.98 Å². The Labute approximate surface area is 201 Å². The van der Waals surface area contributed by atoms with Crippen molar-refractivity contribution in [3.05, 3.63) is 64.3 Å². The zero-order chi connectivity index (χ0) is 23.1.